The number of alkyl halides is 2. The lowest BCUT2D eigenvalue weighted by Crippen LogP contribution is -2.27. The SMILES string of the molecule is Cc1sc2ncn(CC(=O)Nc3ccc(OC(F)F)c(Cl)c3)c(=O)c2c1-c1ccccc1. The fourth-order valence-electron chi connectivity index (χ4n) is 3.33. The molecule has 0 fully saturated rings. The number of carbonyl (C=O) groups is 1. The van der Waals surface area contributed by atoms with Gasteiger partial charge in [0.2, 0.25) is 5.91 Å². The highest BCUT2D eigenvalue weighted by Gasteiger charge is 2.18. The number of rotatable bonds is 6. The van der Waals surface area contributed by atoms with Gasteiger partial charge >= 0.3 is 6.61 Å². The van der Waals surface area contributed by atoms with Gasteiger partial charge in [-0.25, -0.2) is 4.98 Å². The number of thiophene rings is 1. The van der Waals surface area contributed by atoms with Crippen LogP contribution in [0.3, 0.4) is 0 Å². The Morgan fingerprint density at radius 2 is 2.00 bits per heavy atom. The van der Waals surface area contributed by atoms with Gasteiger partial charge in [-0.2, -0.15) is 8.78 Å². The van der Waals surface area contributed by atoms with E-state index in [1.807, 2.05) is 37.3 Å². The summed E-state index contributed by atoms with van der Waals surface area (Å²) in [6.45, 7) is -1.36. The van der Waals surface area contributed by atoms with Crippen LogP contribution >= 0.6 is 22.9 Å². The number of benzene rings is 2. The molecule has 0 aliphatic rings. The molecule has 0 saturated heterocycles. The van der Waals surface area contributed by atoms with Crippen LogP contribution in [0.25, 0.3) is 21.3 Å². The smallest absolute Gasteiger partial charge is 0.387 e. The number of nitrogens with one attached hydrogen (secondary N) is 1. The summed E-state index contributed by atoms with van der Waals surface area (Å²) in [6, 6.07) is 13.4. The highest BCUT2D eigenvalue weighted by molar-refractivity contribution is 7.19. The van der Waals surface area contributed by atoms with Crippen LogP contribution in [-0.4, -0.2) is 22.1 Å². The van der Waals surface area contributed by atoms with Crippen molar-refractivity contribution in [3.63, 3.8) is 0 Å². The van der Waals surface area contributed by atoms with Crippen molar-refractivity contribution in [1.29, 1.82) is 0 Å². The fraction of sp³-hybridized carbons (Fsp3) is 0.136. The molecule has 0 spiro atoms. The van der Waals surface area contributed by atoms with Gasteiger partial charge in [0.25, 0.3) is 5.56 Å². The van der Waals surface area contributed by atoms with Crippen molar-refractivity contribution in [2.75, 3.05) is 5.32 Å². The quantitative estimate of drug-likeness (QED) is 0.409. The number of anilines is 1. The van der Waals surface area contributed by atoms with Gasteiger partial charge in [0, 0.05) is 16.1 Å². The molecule has 10 heteroatoms. The Labute approximate surface area is 190 Å². The maximum atomic E-state index is 13.2. The van der Waals surface area contributed by atoms with E-state index in [-0.39, 0.29) is 28.6 Å². The molecule has 164 valence electrons. The summed E-state index contributed by atoms with van der Waals surface area (Å²) in [5.74, 6) is -0.702. The topological polar surface area (TPSA) is 73.2 Å². The van der Waals surface area contributed by atoms with Gasteiger partial charge in [-0.1, -0.05) is 41.9 Å². The van der Waals surface area contributed by atoms with Gasteiger partial charge in [0.05, 0.1) is 16.7 Å². The minimum atomic E-state index is -3.01. The molecule has 0 unspecified atom stereocenters. The van der Waals surface area contributed by atoms with Gasteiger partial charge < -0.3 is 10.1 Å². The summed E-state index contributed by atoms with van der Waals surface area (Å²) >= 11 is 7.33. The van der Waals surface area contributed by atoms with Gasteiger partial charge in [-0.05, 0) is 30.7 Å². The second-order valence-corrected chi connectivity index (χ2v) is 8.44. The molecule has 0 radical (unpaired) electrons. The first-order valence-corrected chi connectivity index (χ1v) is 10.6. The molecule has 0 bridgehead atoms. The van der Waals surface area contributed by atoms with E-state index >= 15 is 0 Å². The first-order chi connectivity index (χ1) is 15.3. The van der Waals surface area contributed by atoms with E-state index in [0.717, 1.165) is 16.0 Å². The second-order valence-electron chi connectivity index (χ2n) is 6.83. The van der Waals surface area contributed by atoms with Crippen LogP contribution in [-0.2, 0) is 11.3 Å². The molecule has 0 aliphatic carbocycles. The number of amides is 1. The standard InChI is InChI=1S/C22H16ClF2N3O3S/c1-12-18(13-5-3-2-4-6-13)19-20(32-12)26-11-28(21(19)30)10-17(29)27-14-7-8-16(15(23)9-14)31-22(24)25/h2-9,11,22H,10H2,1H3,(H,27,29). The summed E-state index contributed by atoms with van der Waals surface area (Å²) in [5.41, 5.74) is 1.66. The minimum absolute atomic E-state index is 0.0791. The molecule has 1 amide bonds. The average Bonchev–Trinajstić information content (AvgIpc) is 3.09. The number of hydrogen-bond acceptors (Lipinski definition) is 5. The summed E-state index contributed by atoms with van der Waals surface area (Å²) in [5, 5.41) is 2.97. The van der Waals surface area contributed by atoms with Gasteiger partial charge in [0.15, 0.2) is 0 Å². The first kappa shape index (κ1) is 21.9. The summed E-state index contributed by atoms with van der Waals surface area (Å²) in [7, 11) is 0. The van der Waals surface area contributed by atoms with Crippen LogP contribution in [0.4, 0.5) is 14.5 Å². The lowest BCUT2D eigenvalue weighted by atomic mass is 10.0. The zero-order chi connectivity index (χ0) is 22.8. The first-order valence-electron chi connectivity index (χ1n) is 9.41. The van der Waals surface area contributed by atoms with Gasteiger partial charge in [0.1, 0.15) is 17.1 Å². The van der Waals surface area contributed by atoms with E-state index in [2.05, 4.69) is 15.0 Å². The lowest BCUT2D eigenvalue weighted by molar-refractivity contribution is -0.116. The Morgan fingerprint density at radius 3 is 2.69 bits per heavy atom. The van der Waals surface area contributed by atoms with Crippen LogP contribution in [0.15, 0.2) is 59.7 Å². The van der Waals surface area contributed by atoms with Crippen molar-refractivity contribution in [3.8, 4) is 16.9 Å². The lowest BCUT2D eigenvalue weighted by Gasteiger charge is -2.10. The maximum Gasteiger partial charge on any atom is 0.387 e. The van der Waals surface area contributed by atoms with E-state index in [4.69, 9.17) is 11.6 Å². The van der Waals surface area contributed by atoms with Crippen LogP contribution in [0.2, 0.25) is 5.02 Å². The number of nitrogens with zero attached hydrogens (tertiary/aromatic N) is 2. The monoisotopic (exact) mass is 475 g/mol. The van der Waals surface area contributed by atoms with E-state index < -0.39 is 12.5 Å². The Bertz CT molecular complexity index is 1360. The van der Waals surface area contributed by atoms with Gasteiger partial charge in [-0.3, -0.25) is 14.2 Å². The van der Waals surface area contributed by atoms with Gasteiger partial charge in [-0.15, -0.1) is 11.3 Å². The summed E-state index contributed by atoms with van der Waals surface area (Å²) < 4.78 is 30.2. The Balaban J connectivity index is 1.60. The van der Waals surface area contributed by atoms with E-state index in [1.54, 1.807) is 0 Å². The predicted octanol–water partition coefficient (Wildman–Crippen LogP) is 5.33. The number of ether oxygens (including phenoxy) is 1. The van der Waals surface area contributed by atoms with Crippen LogP contribution in [0.1, 0.15) is 4.88 Å². The Morgan fingerprint density at radius 1 is 1.25 bits per heavy atom. The normalized spacial score (nSPS) is 11.2. The molecule has 1 N–H and O–H groups in total. The van der Waals surface area contributed by atoms with Crippen molar-refractivity contribution in [2.45, 2.75) is 20.1 Å². The third kappa shape index (κ3) is 4.49. The molecule has 2 aromatic heterocycles. The van der Waals surface area contributed by atoms with E-state index in [0.29, 0.717) is 10.2 Å². The number of aryl methyl sites for hydroxylation is 1. The molecule has 2 aromatic carbocycles. The predicted molar refractivity (Wildman–Crippen MR) is 121 cm³/mol. The van der Waals surface area contributed by atoms with Crippen molar-refractivity contribution < 1.29 is 18.3 Å². The number of fused-ring (bicyclic) bond motifs is 1. The number of aromatic nitrogens is 2. The number of carbonyl (C=O) groups excluding carboxylic acids is 1. The van der Waals surface area contributed by atoms with Crippen molar-refractivity contribution in [3.05, 3.63) is 75.1 Å². The average molecular weight is 476 g/mol. The second kappa shape index (κ2) is 9.05. The van der Waals surface area contributed by atoms with Crippen LogP contribution < -0.4 is 15.6 Å². The number of halogens is 3. The molecule has 0 aliphatic heterocycles. The highest BCUT2D eigenvalue weighted by Crippen LogP contribution is 2.35. The molecule has 0 atom stereocenters. The van der Waals surface area contributed by atoms with Crippen LogP contribution in [0, 0.1) is 6.92 Å². The number of hydrogen-bond donors (Lipinski definition) is 1. The maximum absolute atomic E-state index is 13.2. The van der Waals surface area contributed by atoms with Crippen molar-refractivity contribution >= 4 is 44.7 Å². The third-order valence-corrected chi connectivity index (χ3v) is 5.97. The third-order valence-electron chi connectivity index (χ3n) is 4.66. The Hall–Kier alpha value is -3.30. The molecule has 4 rings (SSSR count). The molecular formula is C22H16ClF2N3O3S. The Kier molecular flexibility index (Phi) is 6.20. The van der Waals surface area contributed by atoms with Crippen LogP contribution in [0.5, 0.6) is 5.75 Å². The molecule has 6 nitrogen and oxygen atoms in total. The zero-order valence-electron chi connectivity index (χ0n) is 16.6. The highest BCUT2D eigenvalue weighted by atomic mass is 35.5. The zero-order valence-corrected chi connectivity index (χ0v) is 18.2. The van der Waals surface area contributed by atoms with Crippen molar-refractivity contribution in [1.82, 2.24) is 9.55 Å². The molecule has 4 aromatic rings. The minimum Gasteiger partial charge on any atom is -0.433 e. The van der Waals surface area contributed by atoms with E-state index in [9.17, 15) is 18.4 Å². The molecule has 2 heterocycles. The summed E-state index contributed by atoms with van der Waals surface area (Å²) in [6.07, 6.45) is 1.33. The molecule has 32 heavy (non-hydrogen) atoms. The summed E-state index contributed by atoms with van der Waals surface area (Å²) in [4.78, 5) is 31.6. The fourth-order valence-corrected chi connectivity index (χ4v) is 4.56. The molecule has 0 saturated carbocycles. The largest absolute Gasteiger partial charge is 0.433 e. The van der Waals surface area contributed by atoms with Crippen molar-refractivity contribution in [2.24, 2.45) is 0 Å². The molecular weight excluding hydrogens is 460 g/mol. The van der Waals surface area contributed by atoms with E-state index in [1.165, 1.54) is 40.4 Å².